The molecule has 0 nitrogen and oxygen atoms in total. The molecule has 0 saturated heterocycles. The van der Waals surface area contributed by atoms with E-state index in [4.69, 9.17) is 0 Å². The summed E-state index contributed by atoms with van der Waals surface area (Å²) in [6.07, 6.45) is 0. The summed E-state index contributed by atoms with van der Waals surface area (Å²) in [4.78, 5) is 0. The first kappa shape index (κ1) is 31.1. The number of benzene rings is 4. The first-order valence-corrected chi connectivity index (χ1v) is 16.5. The molecule has 0 fully saturated rings. The van der Waals surface area contributed by atoms with Crippen LogP contribution in [-0.4, -0.2) is 0 Å². The van der Waals surface area contributed by atoms with Gasteiger partial charge in [-0.05, 0) is 79.1 Å². The minimum atomic E-state index is -0.688. The third-order valence-corrected chi connectivity index (χ3v) is 13.1. The van der Waals surface area contributed by atoms with Gasteiger partial charge >= 0.3 is 0 Å². The number of aryl methyl sites for hydroxylation is 4. The Morgan fingerprint density at radius 2 is 0.780 bits per heavy atom. The third kappa shape index (κ3) is 7.15. The number of rotatable bonds is 6. The van der Waals surface area contributed by atoms with Crippen molar-refractivity contribution in [3.05, 3.63) is 168 Å². The molecule has 6 aromatic rings. The van der Waals surface area contributed by atoms with Crippen LogP contribution in [-0.2, 0) is 21.7 Å². The van der Waals surface area contributed by atoms with Crippen molar-refractivity contribution in [2.75, 3.05) is 0 Å². The maximum atomic E-state index is 2.39. The summed E-state index contributed by atoms with van der Waals surface area (Å²) in [7, 11) is -1.38. The normalized spacial score (nSPS) is 10.7. The van der Waals surface area contributed by atoms with Gasteiger partial charge in [-0.15, -0.1) is 10.6 Å². The Kier molecular flexibility index (Phi) is 11.3. The second-order valence-corrected chi connectivity index (χ2v) is 14.3. The minimum absolute atomic E-state index is 0. The van der Waals surface area contributed by atoms with Crippen molar-refractivity contribution in [2.24, 2.45) is 0 Å². The predicted molar refractivity (Wildman–Crippen MR) is 180 cm³/mol. The monoisotopic (exact) mass is 602 g/mol. The van der Waals surface area contributed by atoms with Gasteiger partial charge in [0.15, 0.2) is 0 Å². The average Bonchev–Trinajstić information content (AvgIpc) is 3.70. The summed E-state index contributed by atoms with van der Waals surface area (Å²) in [5, 5.41) is 8.78. The second-order valence-electron chi connectivity index (χ2n) is 10.1. The molecular formula is C38H36P2Ti-6. The number of hydrogen-bond donors (Lipinski definition) is 0. The van der Waals surface area contributed by atoms with Crippen LogP contribution in [0.5, 0.6) is 0 Å². The van der Waals surface area contributed by atoms with Crippen molar-refractivity contribution < 1.29 is 21.7 Å². The van der Waals surface area contributed by atoms with Gasteiger partial charge in [0.25, 0.3) is 0 Å². The molecule has 0 aliphatic heterocycles. The summed E-state index contributed by atoms with van der Waals surface area (Å²) < 4.78 is 0. The summed E-state index contributed by atoms with van der Waals surface area (Å²) in [6, 6.07) is 52.9. The predicted octanol–water partition coefficient (Wildman–Crippen LogP) is 7.56. The molecule has 0 amide bonds. The molecule has 0 spiro atoms. The molecule has 0 N–H and O–H groups in total. The van der Waals surface area contributed by atoms with E-state index in [1.165, 1.54) is 54.1 Å². The third-order valence-electron chi connectivity index (χ3n) is 7.23. The second kappa shape index (κ2) is 14.9. The minimum Gasteiger partial charge on any atom is -0.748 e. The van der Waals surface area contributed by atoms with Crippen LogP contribution < -0.4 is 31.8 Å². The molecule has 0 aliphatic rings. The van der Waals surface area contributed by atoms with E-state index in [0.29, 0.717) is 0 Å². The molecule has 0 heterocycles. The molecule has 0 atom stereocenters. The van der Waals surface area contributed by atoms with E-state index in [1.807, 2.05) is 30.3 Å². The maximum Gasteiger partial charge on any atom is 0 e. The molecule has 3 heteroatoms. The fourth-order valence-corrected chi connectivity index (χ4v) is 11.0. The first-order chi connectivity index (χ1) is 19.6. The van der Waals surface area contributed by atoms with Gasteiger partial charge in [0.2, 0.25) is 0 Å². The Morgan fingerprint density at radius 3 is 1.15 bits per heavy atom. The zero-order valence-corrected chi connectivity index (χ0v) is 27.6. The average molecular weight is 603 g/mol. The largest absolute Gasteiger partial charge is 0.748 e. The maximum absolute atomic E-state index is 2.39. The molecule has 6 aromatic carbocycles. The Hall–Kier alpha value is -2.85. The van der Waals surface area contributed by atoms with Crippen molar-refractivity contribution in [2.45, 2.75) is 27.7 Å². The van der Waals surface area contributed by atoms with Gasteiger partial charge < -0.3 is 30.3 Å². The van der Waals surface area contributed by atoms with Crippen LogP contribution in [0.3, 0.4) is 0 Å². The standard InChI is InChI=1S/C33H31P2.C5H5.Ti/c1-24-14-5-9-18-28(24)34(29-19-10-6-15-25(29)2)32-22-13-23-33(32)35(30-20-11-7-16-26(30)3)31-21-12-8-17-27(31)4;1-2-4-5-3-1;/h5-23H,1-4H3;1-5H;/q-1;-5;. The molecule has 6 rings (SSSR count). The Labute approximate surface area is 263 Å². The van der Waals surface area contributed by atoms with Crippen molar-refractivity contribution in [1.29, 1.82) is 0 Å². The topological polar surface area (TPSA) is 0 Å². The van der Waals surface area contributed by atoms with E-state index in [2.05, 4.69) is 143 Å². The van der Waals surface area contributed by atoms with E-state index in [1.54, 1.807) is 0 Å². The summed E-state index contributed by atoms with van der Waals surface area (Å²) in [5.74, 6) is 0. The van der Waals surface area contributed by atoms with Gasteiger partial charge in [-0.25, -0.2) is 12.1 Å². The van der Waals surface area contributed by atoms with E-state index < -0.39 is 15.8 Å². The van der Waals surface area contributed by atoms with E-state index in [0.717, 1.165) is 0 Å². The number of hydrogen-bond acceptors (Lipinski definition) is 0. The van der Waals surface area contributed by atoms with E-state index >= 15 is 0 Å². The van der Waals surface area contributed by atoms with E-state index in [-0.39, 0.29) is 21.7 Å². The molecule has 208 valence electrons. The molecule has 0 aliphatic carbocycles. The van der Waals surface area contributed by atoms with Crippen LogP contribution in [0.1, 0.15) is 22.3 Å². The van der Waals surface area contributed by atoms with Crippen LogP contribution in [0.15, 0.2) is 146 Å². The van der Waals surface area contributed by atoms with Gasteiger partial charge in [-0.3, -0.25) is 0 Å². The molecule has 0 aromatic heterocycles. The molecular weight excluding hydrogens is 566 g/mol. The molecule has 0 bridgehead atoms. The van der Waals surface area contributed by atoms with E-state index in [9.17, 15) is 0 Å². The molecule has 0 saturated carbocycles. The van der Waals surface area contributed by atoms with Crippen molar-refractivity contribution in [3.8, 4) is 0 Å². The van der Waals surface area contributed by atoms with Gasteiger partial charge in [0, 0.05) is 21.7 Å². The molecule has 0 unspecified atom stereocenters. The zero-order valence-electron chi connectivity index (χ0n) is 24.3. The first-order valence-electron chi connectivity index (χ1n) is 13.8. The molecule has 0 radical (unpaired) electrons. The quantitative estimate of drug-likeness (QED) is 0.105. The summed E-state index contributed by atoms with van der Waals surface area (Å²) in [6.45, 7) is 9.04. The van der Waals surface area contributed by atoms with Crippen LogP contribution in [0.2, 0.25) is 0 Å². The van der Waals surface area contributed by atoms with Gasteiger partial charge in [0.05, 0.1) is 0 Å². The van der Waals surface area contributed by atoms with Crippen molar-refractivity contribution in [3.63, 3.8) is 0 Å². The Bertz CT molecular complexity index is 1440. The van der Waals surface area contributed by atoms with Crippen molar-refractivity contribution >= 4 is 47.7 Å². The SMILES string of the molecule is Cc1ccccc1P(c1ccccc1C)c1ccc[c-]1P(c1ccccc1C)c1ccccc1C.[Ti].[cH-]1[cH-][cH-][cH-][cH-]1. The van der Waals surface area contributed by atoms with Gasteiger partial charge in [-0.1, -0.05) is 105 Å². The van der Waals surface area contributed by atoms with Gasteiger partial charge in [0.1, 0.15) is 0 Å². The van der Waals surface area contributed by atoms with Crippen LogP contribution >= 0.6 is 15.8 Å². The van der Waals surface area contributed by atoms with Crippen molar-refractivity contribution in [1.82, 2.24) is 0 Å². The Balaban J connectivity index is 0.000000584. The summed E-state index contributed by atoms with van der Waals surface area (Å²) >= 11 is 0. The summed E-state index contributed by atoms with van der Waals surface area (Å²) in [5.41, 5.74) is 5.46. The van der Waals surface area contributed by atoms with Crippen LogP contribution in [0.25, 0.3) is 0 Å². The fraction of sp³-hybridized carbons (Fsp3) is 0.105. The van der Waals surface area contributed by atoms with Gasteiger partial charge in [-0.2, -0.15) is 6.07 Å². The smallest absolute Gasteiger partial charge is 0 e. The van der Waals surface area contributed by atoms with Crippen LogP contribution in [0.4, 0.5) is 0 Å². The zero-order chi connectivity index (χ0) is 27.9. The Morgan fingerprint density at radius 1 is 0.439 bits per heavy atom. The molecule has 41 heavy (non-hydrogen) atoms. The van der Waals surface area contributed by atoms with Crippen LogP contribution in [0, 0.1) is 27.7 Å². The fourth-order valence-electron chi connectivity index (χ4n) is 5.14.